The first-order valence-corrected chi connectivity index (χ1v) is 5.13. The van der Waals surface area contributed by atoms with Crippen LogP contribution in [-0.4, -0.2) is 29.0 Å². The van der Waals surface area contributed by atoms with Crippen LogP contribution in [0, 0.1) is 5.92 Å². The van der Waals surface area contributed by atoms with E-state index in [1.807, 2.05) is 18.3 Å². The van der Waals surface area contributed by atoms with Gasteiger partial charge in [-0.3, -0.25) is 9.88 Å². The number of aromatic nitrogens is 1. The number of hydrogen-bond acceptors (Lipinski definition) is 3. The molecular formula is C11H17N3. The highest BCUT2D eigenvalue weighted by molar-refractivity contribution is 5.04. The maximum Gasteiger partial charge on any atom is 0.0543 e. The number of rotatable bonds is 2. The molecule has 1 aromatic heterocycles. The summed E-state index contributed by atoms with van der Waals surface area (Å²) in [6.45, 7) is 5.23. The van der Waals surface area contributed by atoms with Crippen molar-refractivity contribution in [3.8, 4) is 0 Å². The van der Waals surface area contributed by atoms with Crippen molar-refractivity contribution in [2.45, 2.75) is 19.5 Å². The fourth-order valence-corrected chi connectivity index (χ4v) is 1.95. The molecule has 2 heterocycles. The fraction of sp³-hybridized carbons (Fsp3) is 0.545. The zero-order chi connectivity index (χ0) is 9.97. The maximum absolute atomic E-state index is 5.96. The predicted molar refractivity (Wildman–Crippen MR) is 56.7 cm³/mol. The summed E-state index contributed by atoms with van der Waals surface area (Å²) in [5.41, 5.74) is 7.09. The Labute approximate surface area is 84.9 Å². The lowest BCUT2D eigenvalue weighted by molar-refractivity contribution is 0.315. The molecular weight excluding hydrogens is 174 g/mol. The van der Waals surface area contributed by atoms with E-state index in [2.05, 4.69) is 22.9 Å². The van der Waals surface area contributed by atoms with Gasteiger partial charge in [0.15, 0.2) is 0 Å². The molecule has 2 N–H and O–H groups in total. The van der Waals surface area contributed by atoms with Crippen molar-refractivity contribution >= 4 is 0 Å². The van der Waals surface area contributed by atoms with E-state index >= 15 is 0 Å². The summed E-state index contributed by atoms with van der Waals surface area (Å²) < 4.78 is 0. The molecule has 3 nitrogen and oxygen atoms in total. The lowest BCUT2D eigenvalue weighted by Crippen LogP contribution is -2.28. The first-order chi connectivity index (χ1) is 6.75. The molecule has 0 radical (unpaired) electrons. The first kappa shape index (κ1) is 9.62. The minimum absolute atomic E-state index is 0.332. The van der Waals surface area contributed by atoms with Crippen LogP contribution in [0.2, 0.25) is 0 Å². The SMILES string of the molecule is CC1CN(Cc2ccccn2)CC1N. The summed E-state index contributed by atoms with van der Waals surface area (Å²) in [6, 6.07) is 6.37. The molecule has 1 aromatic rings. The quantitative estimate of drug-likeness (QED) is 0.754. The third kappa shape index (κ3) is 2.11. The molecule has 0 aromatic carbocycles. The number of pyridine rings is 1. The molecule has 1 saturated heterocycles. The van der Waals surface area contributed by atoms with Crippen molar-refractivity contribution < 1.29 is 0 Å². The average Bonchev–Trinajstić information content (AvgIpc) is 2.47. The van der Waals surface area contributed by atoms with Gasteiger partial charge in [0.05, 0.1) is 5.69 Å². The molecule has 3 heteroatoms. The second-order valence-electron chi connectivity index (χ2n) is 4.16. The minimum Gasteiger partial charge on any atom is -0.326 e. The molecule has 76 valence electrons. The van der Waals surface area contributed by atoms with Crippen molar-refractivity contribution in [1.29, 1.82) is 0 Å². The monoisotopic (exact) mass is 191 g/mol. The summed E-state index contributed by atoms with van der Waals surface area (Å²) in [5, 5.41) is 0. The Hall–Kier alpha value is -0.930. The Morgan fingerprint density at radius 2 is 2.36 bits per heavy atom. The summed E-state index contributed by atoms with van der Waals surface area (Å²) in [6.07, 6.45) is 1.84. The Morgan fingerprint density at radius 3 is 2.93 bits per heavy atom. The number of nitrogens with two attached hydrogens (primary N) is 1. The van der Waals surface area contributed by atoms with E-state index in [4.69, 9.17) is 5.73 Å². The molecule has 2 atom stereocenters. The van der Waals surface area contributed by atoms with Crippen LogP contribution in [-0.2, 0) is 6.54 Å². The van der Waals surface area contributed by atoms with Crippen LogP contribution in [0.15, 0.2) is 24.4 Å². The normalized spacial score (nSPS) is 28.1. The van der Waals surface area contributed by atoms with Gasteiger partial charge in [-0.1, -0.05) is 13.0 Å². The number of hydrogen-bond donors (Lipinski definition) is 1. The van der Waals surface area contributed by atoms with Crippen LogP contribution >= 0.6 is 0 Å². The van der Waals surface area contributed by atoms with E-state index in [0.29, 0.717) is 12.0 Å². The van der Waals surface area contributed by atoms with E-state index in [0.717, 1.165) is 25.3 Å². The molecule has 2 rings (SSSR count). The van der Waals surface area contributed by atoms with Crippen molar-refractivity contribution in [3.63, 3.8) is 0 Å². The van der Waals surface area contributed by atoms with Crippen molar-refractivity contribution in [2.24, 2.45) is 11.7 Å². The largest absolute Gasteiger partial charge is 0.326 e. The molecule has 0 bridgehead atoms. The summed E-state index contributed by atoms with van der Waals surface area (Å²) in [4.78, 5) is 6.68. The second-order valence-corrected chi connectivity index (χ2v) is 4.16. The van der Waals surface area contributed by atoms with Gasteiger partial charge < -0.3 is 5.73 Å². The van der Waals surface area contributed by atoms with Crippen LogP contribution in [0.3, 0.4) is 0 Å². The Balaban J connectivity index is 1.94. The minimum atomic E-state index is 0.332. The smallest absolute Gasteiger partial charge is 0.0543 e. The molecule has 1 aliphatic heterocycles. The lowest BCUT2D eigenvalue weighted by Gasteiger charge is -2.13. The van der Waals surface area contributed by atoms with Gasteiger partial charge in [-0.25, -0.2) is 0 Å². The van der Waals surface area contributed by atoms with Gasteiger partial charge in [-0.15, -0.1) is 0 Å². The van der Waals surface area contributed by atoms with Gasteiger partial charge in [-0.05, 0) is 18.1 Å². The van der Waals surface area contributed by atoms with Crippen LogP contribution in [0.25, 0.3) is 0 Å². The summed E-state index contributed by atoms with van der Waals surface area (Å²) in [5.74, 6) is 0.610. The van der Waals surface area contributed by atoms with Gasteiger partial charge in [0.2, 0.25) is 0 Å². The average molecular weight is 191 g/mol. The second kappa shape index (κ2) is 4.07. The highest BCUT2D eigenvalue weighted by atomic mass is 15.2. The molecule has 0 spiro atoms. The fourth-order valence-electron chi connectivity index (χ4n) is 1.95. The van der Waals surface area contributed by atoms with Crippen molar-refractivity contribution in [3.05, 3.63) is 30.1 Å². The number of nitrogens with zero attached hydrogens (tertiary/aromatic N) is 2. The highest BCUT2D eigenvalue weighted by Gasteiger charge is 2.26. The van der Waals surface area contributed by atoms with Crippen LogP contribution < -0.4 is 5.73 Å². The standard InChI is InChI=1S/C11H17N3/c1-9-6-14(8-11(9)12)7-10-4-2-3-5-13-10/h2-5,9,11H,6-8,12H2,1H3. The van der Waals surface area contributed by atoms with Gasteiger partial charge in [-0.2, -0.15) is 0 Å². The Kier molecular flexibility index (Phi) is 2.79. The van der Waals surface area contributed by atoms with Crippen LogP contribution in [0.1, 0.15) is 12.6 Å². The summed E-state index contributed by atoms with van der Waals surface area (Å²) in [7, 11) is 0. The highest BCUT2D eigenvalue weighted by Crippen LogP contribution is 2.16. The zero-order valence-corrected chi connectivity index (χ0v) is 8.56. The molecule has 0 amide bonds. The first-order valence-electron chi connectivity index (χ1n) is 5.13. The zero-order valence-electron chi connectivity index (χ0n) is 8.56. The van der Waals surface area contributed by atoms with E-state index < -0.39 is 0 Å². The van der Waals surface area contributed by atoms with E-state index in [-0.39, 0.29) is 0 Å². The molecule has 0 saturated carbocycles. The Bertz CT molecular complexity index is 276. The lowest BCUT2D eigenvalue weighted by atomic mass is 10.1. The molecule has 0 aliphatic carbocycles. The third-order valence-electron chi connectivity index (χ3n) is 2.86. The van der Waals surface area contributed by atoms with Crippen LogP contribution in [0.4, 0.5) is 0 Å². The number of likely N-dealkylation sites (tertiary alicyclic amines) is 1. The maximum atomic E-state index is 5.96. The Morgan fingerprint density at radius 1 is 1.50 bits per heavy atom. The van der Waals surface area contributed by atoms with Gasteiger partial charge >= 0.3 is 0 Å². The molecule has 2 unspecified atom stereocenters. The predicted octanol–water partition coefficient (Wildman–Crippen LogP) is 0.861. The summed E-state index contributed by atoms with van der Waals surface area (Å²) >= 11 is 0. The topological polar surface area (TPSA) is 42.2 Å². The van der Waals surface area contributed by atoms with E-state index in [1.54, 1.807) is 0 Å². The van der Waals surface area contributed by atoms with Crippen molar-refractivity contribution in [1.82, 2.24) is 9.88 Å². The van der Waals surface area contributed by atoms with E-state index in [9.17, 15) is 0 Å². The van der Waals surface area contributed by atoms with Gasteiger partial charge in [0.25, 0.3) is 0 Å². The molecule has 1 aliphatic rings. The van der Waals surface area contributed by atoms with Crippen LogP contribution in [0.5, 0.6) is 0 Å². The van der Waals surface area contributed by atoms with Gasteiger partial charge in [0, 0.05) is 31.9 Å². The van der Waals surface area contributed by atoms with E-state index in [1.165, 1.54) is 0 Å². The third-order valence-corrected chi connectivity index (χ3v) is 2.86. The molecule has 1 fully saturated rings. The molecule has 14 heavy (non-hydrogen) atoms. The van der Waals surface area contributed by atoms with Crippen molar-refractivity contribution in [2.75, 3.05) is 13.1 Å². The van der Waals surface area contributed by atoms with Gasteiger partial charge in [0.1, 0.15) is 0 Å².